The molecule has 1 aromatic heterocycles. The topological polar surface area (TPSA) is 71.5 Å². The van der Waals surface area contributed by atoms with Gasteiger partial charge in [-0.3, -0.25) is 9.59 Å². The van der Waals surface area contributed by atoms with Crippen LogP contribution in [0, 0.1) is 0 Å². The van der Waals surface area contributed by atoms with E-state index in [1.807, 2.05) is 53.9 Å². The molecule has 2 amide bonds. The van der Waals surface area contributed by atoms with Crippen molar-refractivity contribution in [2.75, 3.05) is 24.4 Å². The highest BCUT2D eigenvalue weighted by Gasteiger charge is 2.48. The molecule has 6 nitrogen and oxygen atoms in total. The van der Waals surface area contributed by atoms with Crippen molar-refractivity contribution in [1.82, 2.24) is 4.98 Å². The molecule has 148 valence electrons. The quantitative estimate of drug-likeness (QED) is 0.632. The summed E-state index contributed by atoms with van der Waals surface area (Å²) in [5.74, 6) is 0.123. The number of methoxy groups -OCH3 is 1. The van der Waals surface area contributed by atoms with Crippen LogP contribution in [0.15, 0.2) is 58.8 Å². The fourth-order valence-corrected chi connectivity index (χ4v) is 5.08. The van der Waals surface area contributed by atoms with E-state index < -0.39 is 4.75 Å². The molecule has 4 rings (SSSR count). The fourth-order valence-electron chi connectivity index (χ4n) is 3.10. The Morgan fingerprint density at radius 1 is 1.17 bits per heavy atom. The summed E-state index contributed by atoms with van der Waals surface area (Å²) in [4.78, 5) is 32.9. The number of thiazole rings is 1. The number of aromatic nitrogens is 1. The largest absolute Gasteiger partial charge is 0.497 e. The van der Waals surface area contributed by atoms with Gasteiger partial charge in [-0.2, -0.15) is 0 Å². The number of hydrogen-bond acceptors (Lipinski definition) is 6. The van der Waals surface area contributed by atoms with Crippen LogP contribution in [0.3, 0.4) is 0 Å². The molecular formula is C21H19N3O3S2. The third-order valence-electron chi connectivity index (χ3n) is 4.80. The Labute approximate surface area is 176 Å². The molecule has 8 heteroatoms. The van der Waals surface area contributed by atoms with Crippen molar-refractivity contribution in [3.63, 3.8) is 0 Å². The highest BCUT2D eigenvalue weighted by molar-refractivity contribution is 8.02. The van der Waals surface area contributed by atoms with Crippen molar-refractivity contribution in [2.45, 2.75) is 16.6 Å². The van der Waals surface area contributed by atoms with Crippen molar-refractivity contribution in [2.24, 2.45) is 0 Å². The third-order valence-corrected chi connectivity index (χ3v) is 6.89. The highest BCUT2D eigenvalue weighted by atomic mass is 32.2. The summed E-state index contributed by atoms with van der Waals surface area (Å²) in [7, 11) is 3.31. The molecule has 1 aliphatic rings. The Hall–Kier alpha value is -2.84. The summed E-state index contributed by atoms with van der Waals surface area (Å²) in [5, 5.41) is 5.15. The van der Waals surface area contributed by atoms with Crippen LogP contribution in [0.4, 0.5) is 10.8 Å². The number of rotatable bonds is 4. The van der Waals surface area contributed by atoms with Crippen molar-refractivity contribution >= 4 is 45.7 Å². The number of ether oxygens (including phenoxy) is 1. The molecule has 29 heavy (non-hydrogen) atoms. The van der Waals surface area contributed by atoms with Gasteiger partial charge in [0.2, 0.25) is 0 Å². The van der Waals surface area contributed by atoms with Crippen LogP contribution in [0.5, 0.6) is 5.75 Å². The molecule has 1 aliphatic heterocycles. The predicted octanol–water partition coefficient (Wildman–Crippen LogP) is 4.28. The maximum atomic E-state index is 13.1. The summed E-state index contributed by atoms with van der Waals surface area (Å²) in [6, 6.07) is 15.1. The van der Waals surface area contributed by atoms with E-state index in [1.54, 1.807) is 21.1 Å². The van der Waals surface area contributed by atoms with E-state index in [-0.39, 0.29) is 11.8 Å². The molecule has 0 fully saturated rings. The van der Waals surface area contributed by atoms with Gasteiger partial charge in [0.05, 0.1) is 18.5 Å². The Bertz CT molecular complexity index is 1080. The Kier molecular flexibility index (Phi) is 5.06. The second kappa shape index (κ2) is 7.53. The van der Waals surface area contributed by atoms with Gasteiger partial charge in [0.15, 0.2) is 9.88 Å². The van der Waals surface area contributed by atoms with E-state index in [2.05, 4.69) is 10.3 Å². The molecule has 0 saturated carbocycles. The Morgan fingerprint density at radius 3 is 2.62 bits per heavy atom. The zero-order chi connectivity index (χ0) is 20.6. The van der Waals surface area contributed by atoms with Crippen molar-refractivity contribution in [1.29, 1.82) is 0 Å². The zero-order valence-corrected chi connectivity index (χ0v) is 17.8. The minimum atomic E-state index is -1.27. The lowest BCUT2D eigenvalue weighted by Gasteiger charge is -2.36. The lowest BCUT2D eigenvalue weighted by Crippen LogP contribution is -2.53. The molecule has 3 aromatic rings. The summed E-state index contributed by atoms with van der Waals surface area (Å²) in [6.07, 6.45) is 0. The SMILES string of the molecule is COc1ccc(-c2csc(NC(=O)C3(C)Sc4ccccc4N(C)C3=O)n2)cc1. The first-order chi connectivity index (χ1) is 13.9. The molecule has 0 aliphatic carbocycles. The van der Waals surface area contributed by atoms with Gasteiger partial charge in [0.1, 0.15) is 5.75 Å². The van der Waals surface area contributed by atoms with Crippen LogP contribution in [-0.4, -0.2) is 35.7 Å². The number of para-hydroxylation sites is 1. The van der Waals surface area contributed by atoms with E-state index in [0.29, 0.717) is 5.13 Å². The normalized spacial score (nSPS) is 18.3. The van der Waals surface area contributed by atoms with Gasteiger partial charge in [0.25, 0.3) is 11.8 Å². The molecule has 2 heterocycles. The molecule has 1 atom stereocenters. The van der Waals surface area contributed by atoms with Crippen LogP contribution in [0.25, 0.3) is 11.3 Å². The molecular weight excluding hydrogens is 406 g/mol. The number of nitrogens with zero attached hydrogens (tertiary/aromatic N) is 2. The molecule has 0 spiro atoms. The maximum Gasteiger partial charge on any atom is 0.252 e. The number of carbonyl (C=O) groups is 2. The number of nitrogens with one attached hydrogen (secondary N) is 1. The van der Waals surface area contributed by atoms with E-state index in [4.69, 9.17) is 4.74 Å². The van der Waals surface area contributed by atoms with Crippen LogP contribution in [0.1, 0.15) is 6.92 Å². The van der Waals surface area contributed by atoms with Gasteiger partial charge < -0.3 is 15.0 Å². The van der Waals surface area contributed by atoms with E-state index in [0.717, 1.165) is 27.6 Å². The van der Waals surface area contributed by atoms with E-state index >= 15 is 0 Å². The lowest BCUT2D eigenvalue weighted by atomic mass is 10.1. The third kappa shape index (κ3) is 3.49. The Balaban J connectivity index is 1.55. The highest BCUT2D eigenvalue weighted by Crippen LogP contribution is 2.45. The molecule has 0 saturated heterocycles. The molecule has 0 bridgehead atoms. The minimum Gasteiger partial charge on any atom is -0.497 e. The predicted molar refractivity (Wildman–Crippen MR) is 117 cm³/mol. The van der Waals surface area contributed by atoms with Gasteiger partial charge in [0, 0.05) is 22.9 Å². The van der Waals surface area contributed by atoms with Gasteiger partial charge in [-0.05, 0) is 43.3 Å². The maximum absolute atomic E-state index is 13.1. The van der Waals surface area contributed by atoms with Gasteiger partial charge >= 0.3 is 0 Å². The first-order valence-electron chi connectivity index (χ1n) is 8.90. The van der Waals surface area contributed by atoms with Crippen LogP contribution in [-0.2, 0) is 9.59 Å². The van der Waals surface area contributed by atoms with Crippen molar-refractivity contribution < 1.29 is 14.3 Å². The molecule has 0 radical (unpaired) electrons. The van der Waals surface area contributed by atoms with Crippen LogP contribution < -0.4 is 15.0 Å². The second-order valence-corrected chi connectivity index (χ2v) is 9.01. The summed E-state index contributed by atoms with van der Waals surface area (Å²) in [5.41, 5.74) is 2.48. The molecule has 1 unspecified atom stereocenters. The van der Waals surface area contributed by atoms with Crippen molar-refractivity contribution in [3.05, 3.63) is 53.9 Å². The average molecular weight is 426 g/mol. The minimum absolute atomic E-state index is 0.259. The Morgan fingerprint density at radius 2 is 1.90 bits per heavy atom. The number of thioether (sulfide) groups is 1. The molecule has 1 N–H and O–H groups in total. The number of fused-ring (bicyclic) bond motifs is 1. The number of amides is 2. The van der Waals surface area contributed by atoms with Gasteiger partial charge in [-0.25, -0.2) is 4.98 Å². The van der Waals surface area contributed by atoms with Crippen molar-refractivity contribution in [3.8, 4) is 17.0 Å². The second-order valence-electron chi connectivity index (χ2n) is 6.69. The monoisotopic (exact) mass is 425 g/mol. The lowest BCUT2D eigenvalue weighted by molar-refractivity contribution is -0.128. The first-order valence-corrected chi connectivity index (χ1v) is 10.6. The summed E-state index contributed by atoms with van der Waals surface area (Å²) < 4.78 is 3.90. The van der Waals surface area contributed by atoms with Gasteiger partial charge in [-0.15, -0.1) is 11.3 Å². The van der Waals surface area contributed by atoms with Crippen LogP contribution >= 0.6 is 23.1 Å². The summed E-state index contributed by atoms with van der Waals surface area (Å²) in [6.45, 7) is 1.65. The number of anilines is 2. The standard InChI is InChI=1S/C21H19N3O3S2/c1-21(19(26)24(2)16-6-4-5-7-17(16)29-21)18(25)23-20-22-15(12-28-20)13-8-10-14(27-3)11-9-13/h4-12H,1-3H3,(H,22,23,25). The smallest absolute Gasteiger partial charge is 0.252 e. The van der Waals surface area contributed by atoms with E-state index in [9.17, 15) is 9.59 Å². The average Bonchev–Trinajstić information content (AvgIpc) is 3.20. The number of benzene rings is 2. The van der Waals surface area contributed by atoms with Crippen LogP contribution in [0.2, 0.25) is 0 Å². The van der Waals surface area contributed by atoms with E-state index in [1.165, 1.54) is 28.0 Å². The molecule has 2 aromatic carbocycles. The van der Waals surface area contributed by atoms with Gasteiger partial charge in [-0.1, -0.05) is 23.9 Å². The zero-order valence-electron chi connectivity index (χ0n) is 16.1. The number of hydrogen-bond donors (Lipinski definition) is 1. The fraction of sp³-hybridized carbons (Fsp3) is 0.190. The summed E-state index contributed by atoms with van der Waals surface area (Å²) >= 11 is 2.59. The first kappa shape index (κ1) is 19.5. The number of carbonyl (C=O) groups excluding carboxylic acids is 2.